The monoisotopic (exact) mass is 245 g/mol. The molecule has 0 bridgehead atoms. The van der Waals surface area contributed by atoms with Crippen molar-refractivity contribution in [2.24, 2.45) is 0 Å². The number of aryl methyl sites for hydroxylation is 1. The predicted octanol–water partition coefficient (Wildman–Crippen LogP) is 3.75. The number of nitrogens with one attached hydrogen (secondary N) is 1. The zero-order valence-corrected chi connectivity index (χ0v) is 10.5. The minimum atomic E-state index is -0.238. The first-order chi connectivity index (χ1) is 8.69. The molecule has 18 heavy (non-hydrogen) atoms. The van der Waals surface area contributed by atoms with Crippen molar-refractivity contribution in [1.29, 1.82) is 0 Å². The summed E-state index contributed by atoms with van der Waals surface area (Å²) in [6, 6.07) is 12.3. The summed E-state index contributed by atoms with van der Waals surface area (Å²) in [4.78, 5) is 0. The lowest BCUT2D eigenvalue weighted by Crippen LogP contribution is -1.98. The summed E-state index contributed by atoms with van der Waals surface area (Å²) in [7, 11) is 1.88. The standard InChI is InChI=1S/C15H16FNO/c1-11-8-14(17-2)6-7-15(11)18-10-12-4-3-5-13(16)9-12/h3-9,17H,10H2,1-2H3. The summed E-state index contributed by atoms with van der Waals surface area (Å²) >= 11 is 0. The lowest BCUT2D eigenvalue weighted by atomic mass is 10.2. The van der Waals surface area contributed by atoms with E-state index in [1.807, 2.05) is 38.2 Å². The molecule has 0 heterocycles. The third kappa shape index (κ3) is 3.00. The molecule has 2 aromatic rings. The number of rotatable bonds is 4. The fourth-order valence-electron chi connectivity index (χ4n) is 1.75. The molecule has 0 atom stereocenters. The van der Waals surface area contributed by atoms with E-state index in [0.717, 1.165) is 22.6 Å². The lowest BCUT2D eigenvalue weighted by molar-refractivity contribution is 0.303. The Morgan fingerprint density at radius 1 is 1.17 bits per heavy atom. The summed E-state index contributed by atoms with van der Waals surface area (Å²) in [6.07, 6.45) is 0. The Labute approximate surface area is 106 Å². The first-order valence-electron chi connectivity index (χ1n) is 5.84. The highest BCUT2D eigenvalue weighted by Crippen LogP contribution is 2.22. The van der Waals surface area contributed by atoms with E-state index in [1.165, 1.54) is 12.1 Å². The van der Waals surface area contributed by atoms with Gasteiger partial charge in [-0.3, -0.25) is 0 Å². The van der Waals surface area contributed by atoms with E-state index >= 15 is 0 Å². The van der Waals surface area contributed by atoms with Crippen LogP contribution in [0.25, 0.3) is 0 Å². The minimum Gasteiger partial charge on any atom is -0.489 e. The molecule has 0 aliphatic rings. The minimum absolute atomic E-state index is 0.238. The average molecular weight is 245 g/mol. The number of hydrogen-bond acceptors (Lipinski definition) is 2. The number of halogens is 1. The van der Waals surface area contributed by atoms with Crippen molar-refractivity contribution >= 4 is 5.69 Å². The van der Waals surface area contributed by atoms with Gasteiger partial charge in [0.1, 0.15) is 18.2 Å². The van der Waals surface area contributed by atoms with Crippen LogP contribution in [0.15, 0.2) is 42.5 Å². The molecule has 0 radical (unpaired) electrons. The summed E-state index contributed by atoms with van der Waals surface area (Å²) in [5, 5.41) is 3.07. The van der Waals surface area contributed by atoms with Crippen LogP contribution >= 0.6 is 0 Å². The van der Waals surface area contributed by atoms with Gasteiger partial charge in [0.15, 0.2) is 0 Å². The van der Waals surface area contributed by atoms with Crippen LogP contribution in [0.4, 0.5) is 10.1 Å². The Balaban J connectivity index is 2.06. The molecule has 2 nitrogen and oxygen atoms in total. The molecular weight excluding hydrogens is 229 g/mol. The molecule has 0 spiro atoms. The molecule has 0 aliphatic heterocycles. The van der Waals surface area contributed by atoms with Gasteiger partial charge in [0.05, 0.1) is 0 Å². The summed E-state index contributed by atoms with van der Waals surface area (Å²) in [5.74, 6) is 0.580. The first-order valence-corrected chi connectivity index (χ1v) is 5.84. The van der Waals surface area contributed by atoms with Gasteiger partial charge in [0.25, 0.3) is 0 Å². The molecule has 0 aromatic heterocycles. The van der Waals surface area contributed by atoms with Crippen LogP contribution in [0.2, 0.25) is 0 Å². The van der Waals surface area contributed by atoms with Gasteiger partial charge in [-0.05, 0) is 48.4 Å². The van der Waals surface area contributed by atoms with Crippen LogP contribution in [0.3, 0.4) is 0 Å². The van der Waals surface area contributed by atoms with Crippen LogP contribution in [0.1, 0.15) is 11.1 Å². The molecule has 0 fully saturated rings. The fourth-order valence-corrected chi connectivity index (χ4v) is 1.75. The van der Waals surface area contributed by atoms with Crippen molar-refractivity contribution in [3.05, 3.63) is 59.4 Å². The Morgan fingerprint density at radius 2 is 2.00 bits per heavy atom. The molecule has 0 unspecified atom stereocenters. The van der Waals surface area contributed by atoms with E-state index < -0.39 is 0 Å². The smallest absolute Gasteiger partial charge is 0.123 e. The van der Waals surface area contributed by atoms with Gasteiger partial charge in [-0.2, -0.15) is 0 Å². The van der Waals surface area contributed by atoms with Crippen molar-refractivity contribution in [2.45, 2.75) is 13.5 Å². The second-order valence-electron chi connectivity index (χ2n) is 4.15. The highest BCUT2D eigenvalue weighted by Gasteiger charge is 2.02. The van der Waals surface area contributed by atoms with Crippen LogP contribution < -0.4 is 10.1 Å². The molecule has 0 aliphatic carbocycles. The molecule has 0 saturated heterocycles. The molecule has 2 rings (SSSR count). The van der Waals surface area contributed by atoms with Gasteiger partial charge < -0.3 is 10.1 Å². The van der Waals surface area contributed by atoms with Gasteiger partial charge in [-0.1, -0.05) is 12.1 Å². The summed E-state index contributed by atoms with van der Waals surface area (Å²) < 4.78 is 18.7. The molecule has 0 saturated carbocycles. The highest BCUT2D eigenvalue weighted by molar-refractivity contribution is 5.50. The lowest BCUT2D eigenvalue weighted by Gasteiger charge is -2.10. The zero-order chi connectivity index (χ0) is 13.0. The van der Waals surface area contributed by atoms with Gasteiger partial charge in [0.2, 0.25) is 0 Å². The van der Waals surface area contributed by atoms with Crippen LogP contribution in [-0.4, -0.2) is 7.05 Å². The van der Waals surface area contributed by atoms with Crippen LogP contribution in [0.5, 0.6) is 5.75 Å². The molecule has 1 N–H and O–H groups in total. The van der Waals surface area contributed by atoms with Crippen molar-refractivity contribution in [3.63, 3.8) is 0 Å². The summed E-state index contributed by atoms with van der Waals surface area (Å²) in [6.45, 7) is 2.36. The Hall–Kier alpha value is -2.03. The molecule has 94 valence electrons. The normalized spacial score (nSPS) is 10.2. The summed E-state index contributed by atoms with van der Waals surface area (Å²) in [5.41, 5.74) is 2.93. The second kappa shape index (κ2) is 5.54. The molecule has 0 amide bonds. The predicted molar refractivity (Wildman–Crippen MR) is 71.5 cm³/mol. The van der Waals surface area contributed by atoms with Crippen molar-refractivity contribution in [1.82, 2.24) is 0 Å². The van der Waals surface area contributed by atoms with Crippen molar-refractivity contribution in [2.75, 3.05) is 12.4 Å². The third-order valence-electron chi connectivity index (χ3n) is 2.75. The first kappa shape index (κ1) is 12.4. The number of ether oxygens (including phenoxy) is 1. The van der Waals surface area contributed by atoms with E-state index in [-0.39, 0.29) is 5.82 Å². The average Bonchev–Trinajstić information content (AvgIpc) is 2.37. The van der Waals surface area contributed by atoms with Gasteiger partial charge in [0, 0.05) is 12.7 Å². The zero-order valence-electron chi connectivity index (χ0n) is 10.5. The maximum absolute atomic E-state index is 13.0. The number of benzene rings is 2. The van der Waals surface area contributed by atoms with Crippen LogP contribution in [0, 0.1) is 12.7 Å². The Morgan fingerprint density at radius 3 is 2.67 bits per heavy atom. The fraction of sp³-hybridized carbons (Fsp3) is 0.200. The van der Waals surface area contributed by atoms with Crippen LogP contribution in [-0.2, 0) is 6.61 Å². The van der Waals surface area contributed by atoms with E-state index in [9.17, 15) is 4.39 Å². The largest absolute Gasteiger partial charge is 0.489 e. The number of hydrogen-bond donors (Lipinski definition) is 1. The number of anilines is 1. The second-order valence-corrected chi connectivity index (χ2v) is 4.15. The van der Waals surface area contributed by atoms with Crippen molar-refractivity contribution in [3.8, 4) is 5.75 Å². The van der Waals surface area contributed by atoms with Crippen molar-refractivity contribution < 1.29 is 9.13 Å². The molecule has 3 heteroatoms. The van der Waals surface area contributed by atoms with Gasteiger partial charge in [-0.25, -0.2) is 4.39 Å². The van der Waals surface area contributed by atoms with Gasteiger partial charge >= 0.3 is 0 Å². The van der Waals surface area contributed by atoms with E-state index in [2.05, 4.69) is 5.32 Å². The maximum Gasteiger partial charge on any atom is 0.123 e. The molecular formula is C15H16FNO. The Bertz CT molecular complexity index is 540. The van der Waals surface area contributed by atoms with E-state index in [4.69, 9.17) is 4.74 Å². The van der Waals surface area contributed by atoms with Gasteiger partial charge in [-0.15, -0.1) is 0 Å². The quantitative estimate of drug-likeness (QED) is 0.885. The highest BCUT2D eigenvalue weighted by atomic mass is 19.1. The van der Waals surface area contributed by atoms with E-state index in [1.54, 1.807) is 6.07 Å². The third-order valence-corrected chi connectivity index (χ3v) is 2.75. The molecule has 2 aromatic carbocycles. The van der Waals surface area contributed by atoms with E-state index in [0.29, 0.717) is 6.61 Å². The topological polar surface area (TPSA) is 21.3 Å². The Kier molecular flexibility index (Phi) is 3.82. The maximum atomic E-state index is 13.0. The SMILES string of the molecule is CNc1ccc(OCc2cccc(F)c2)c(C)c1.